The highest BCUT2D eigenvalue weighted by Gasteiger charge is 2.05. The van der Waals surface area contributed by atoms with Gasteiger partial charge >= 0.3 is 0 Å². The van der Waals surface area contributed by atoms with E-state index in [-0.39, 0.29) is 0 Å². The number of hydrogen-bond donors (Lipinski definition) is 0. The van der Waals surface area contributed by atoms with Crippen molar-refractivity contribution in [3.63, 3.8) is 0 Å². The van der Waals surface area contributed by atoms with E-state index in [1.807, 2.05) is 60.8 Å². The second kappa shape index (κ2) is 6.27. The number of aryl methyl sites for hydroxylation is 1. The lowest BCUT2D eigenvalue weighted by Gasteiger charge is -2.08. The van der Waals surface area contributed by atoms with Crippen LogP contribution in [0.1, 0.15) is 16.8 Å². The molecule has 0 radical (unpaired) electrons. The van der Waals surface area contributed by atoms with Crippen molar-refractivity contribution in [1.29, 1.82) is 0 Å². The van der Waals surface area contributed by atoms with Crippen molar-refractivity contribution in [3.8, 4) is 5.75 Å². The van der Waals surface area contributed by atoms with E-state index in [2.05, 4.69) is 4.57 Å². The Kier molecular flexibility index (Phi) is 4.01. The Bertz CT molecular complexity index is 731. The van der Waals surface area contributed by atoms with Crippen molar-refractivity contribution in [1.82, 2.24) is 4.57 Å². The van der Waals surface area contributed by atoms with Gasteiger partial charge in [-0.05, 0) is 30.7 Å². The molecule has 0 saturated heterocycles. The number of hydrogen-bond acceptors (Lipinski definition) is 2. The number of nitrogens with zero attached hydrogens (tertiary/aromatic N) is 1. The molecule has 2 aromatic carbocycles. The third kappa shape index (κ3) is 2.97. The molecule has 3 nitrogen and oxygen atoms in total. The molecule has 0 amide bonds. The number of ether oxygens (including phenoxy) is 1. The molecule has 3 aromatic rings. The molecular weight excluding hydrogens is 262 g/mol. The second-order valence-corrected chi connectivity index (χ2v) is 4.93. The quantitative estimate of drug-likeness (QED) is 0.506. The Balaban J connectivity index is 1.64. The van der Waals surface area contributed by atoms with E-state index in [1.165, 1.54) is 0 Å². The van der Waals surface area contributed by atoms with E-state index in [9.17, 15) is 4.79 Å². The summed E-state index contributed by atoms with van der Waals surface area (Å²) in [6.45, 7) is 1.49. The van der Waals surface area contributed by atoms with Crippen LogP contribution in [0.15, 0.2) is 60.8 Å². The van der Waals surface area contributed by atoms with Crippen molar-refractivity contribution in [3.05, 3.63) is 66.4 Å². The molecule has 0 N–H and O–H groups in total. The van der Waals surface area contributed by atoms with Crippen LogP contribution >= 0.6 is 0 Å². The lowest BCUT2D eigenvalue weighted by Crippen LogP contribution is -2.04. The Hall–Kier alpha value is -2.55. The topological polar surface area (TPSA) is 31.2 Å². The second-order valence-electron chi connectivity index (χ2n) is 4.93. The maximum Gasteiger partial charge on any atom is 0.152 e. The number of aldehydes is 1. The summed E-state index contributed by atoms with van der Waals surface area (Å²) < 4.78 is 7.81. The number of para-hydroxylation sites is 2. The van der Waals surface area contributed by atoms with Gasteiger partial charge in [-0.15, -0.1) is 0 Å². The van der Waals surface area contributed by atoms with E-state index in [0.717, 1.165) is 41.5 Å². The molecule has 3 heteroatoms. The number of carbonyl (C=O) groups excluding carboxylic acids is 1. The molecule has 0 unspecified atom stereocenters. The van der Waals surface area contributed by atoms with E-state index in [0.29, 0.717) is 6.61 Å². The first-order chi connectivity index (χ1) is 10.4. The highest BCUT2D eigenvalue weighted by Crippen LogP contribution is 2.19. The average molecular weight is 279 g/mol. The molecule has 21 heavy (non-hydrogen) atoms. The minimum atomic E-state index is 0.660. The summed E-state index contributed by atoms with van der Waals surface area (Å²) in [4.78, 5) is 11.1. The molecule has 3 rings (SSSR count). The standard InChI is InChI=1S/C18H17NO2/c20-14-16-7-4-6-15-10-12-19(18(15)16)11-5-13-21-17-8-2-1-3-9-17/h1-4,6-10,12,14H,5,11,13H2. The number of benzene rings is 2. The van der Waals surface area contributed by atoms with Crippen molar-refractivity contribution in [2.45, 2.75) is 13.0 Å². The Morgan fingerprint density at radius 3 is 2.67 bits per heavy atom. The predicted molar refractivity (Wildman–Crippen MR) is 83.9 cm³/mol. The van der Waals surface area contributed by atoms with Gasteiger partial charge in [0.25, 0.3) is 0 Å². The Labute approximate surface area is 123 Å². The zero-order chi connectivity index (χ0) is 14.5. The fourth-order valence-electron chi connectivity index (χ4n) is 2.51. The molecule has 0 spiro atoms. The van der Waals surface area contributed by atoms with E-state index in [1.54, 1.807) is 0 Å². The molecule has 0 saturated carbocycles. The van der Waals surface area contributed by atoms with Gasteiger partial charge in [-0.1, -0.05) is 30.3 Å². The molecule has 106 valence electrons. The zero-order valence-corrected chi connectivity index (χ0v) is 11.7. The maximum absolute atomic E-state index is 11.1. The molecule has 0 bridgehead atoms. The number of aromatic nitrogens is 1. The van der Waals surface area contributed by atoms with Crippen molar-refractivity contribution in [2.24, 2.45) is 0 Å². The highest BCUT2D eigenvalue weighted by atomic mass is 16.5. The van der Waals surface area contributed by atoms with Crippen LogP contribution in [0.3, 0.4) is 0 Å². The van der Waals surface area contributed by atoms with E-state index < -0.39 is 0 Å². The molecule has 0 fully saturated rings. The zero-order valence-electron chi connectivity index (χ0n) is 11.7. The van der Waals surface area contributed by atoms with Gasteiger partial charge in [0.15, 0.2) is 6.29 Å². The van der Waals surface area contributed by atoms with Crippen molar-refractivity contribution >= 4 is 17.2 Å². The predicted octanol–water partition coefficient (Wildman–Crippen LogP) is 3.92. The fourth-order valence-corrected chi connectivity index (χ4v) is 2.51. The molecular formula is C18H17NO2. The molecule has 1 heterocycles. The first-order valence-corrected chi connectivity index (χ1v) is 7.09. The number of carbonyl (C=O) groups is 1. The van der Waals surface area contributed by atoms with Gasteiger partial charge in [0, 0.05) is 23.7 Å². The summed E-state index contributed by atoms with van der Waals surface area (Å²) in [7, 11) is 0. The van der Waals surface area contributed by atoms with Crippen LogP contribution in [0.2, 0.25) is 0 Å². The normalized spacial score (nSPS) is 10.7. The highest BCUT2D eigenvalue weighted by molar-refractivity contribution is 5.96. The summed E-state index contributed by atoms with van der Waals surface area (Å²) in [5, 5.41) is 1.10. The Morgan fingerprint density at radius 2 is 1.86 bits per heavy atom. The van der Waals surface area contributed by atoms with Gasteiger partial charge in [-0.2, -0.15) is 0 Å². The van der Waals surface area contributed by atoms with Crippen LogP contribution in [0.25, 0.3) is 10.9 Å². The third-order valence-corrected chi connectivity index (χ3v) is 3.50. The van der Waals surface area contributed by atoms with E-state index in [4.69, 9.17) is 4.74 Å². The average Bonchev–Trinajstić information content (AvgIpc) is 2.96. The fraction of sp³-hybridized carbons (Fsp3) is 0.167. The molecule has 0 aliphatic heterocycles. The van der Waals surface area contributed by atoms with Crippen molar-refractivity contribution in [2.75, 3.05) is 6.61 Å². The summed E-state index contributed by atoms with van der Waals surface area (Å²) in [5.74, 6) is 0.892. The lowest BCUT2D eigenvalue weighted by molar-refractivity contribution is 0.112. The summed E-state index contributed by atoms with van der Waals surface area (Å²) in [6, 6.07) is 17.6. The smallest absolute Gasteiger partial charge is 0.152 e. The van der Waals surface area contributed by atoms with Crippen LogP contribution in [-0.2, 0) is 6.54 Å². The van der Waals surface area contributed by atoms with Crippen molar-refractivity contribution < 1.29 is 9.53 Å². The molecule has 0 aliphatic rings. The number of rotatable bonds is 6. The summed E-state index contributed by atoms with van der Waals surface area (Å²) in [6.07, 6.45) is 3.84. The lowest BCUT2D eigenvalue weighted by atomic mass is 10.1. The third-order valence-electron chi connectivity index (χ3n) is 3.50. The van der Waals surface area contributed by atoms with Crippen LogP contribution in [0.4, 0.5) is 0 Å². The maximum atomic E-state index is 11.1. The molecule has 1 aromatic heterocycles. The monoisotopic (exact) mass is 279 g/mol. The van der Waals surface area contributed by atoms with Crippen LogP contribution in [0.5, 0.6) is 5.75 Å². The largest absolute Gasteiger partial charge is 0.494 e. The minimum absolute atomic E-state index is 0.660. The SMILES string of the molecule is O=Cc1cccc2ccn(CCCOc3ccccc3)c12. The van der Waals surface area contributed by atoms with Gasteiger partial charge < -0.3 is 9.30 Å². The minimum Gasteiger partial charge on any atom is -0.494 e. The van der Waals surface area contributed by atoms with Gasteiger partial charge in [0.1, 0.15) is 5.75 Å². The van der Waals surface area contributed by atoms with Gasteiger partial charge in [-0.25, -0.2) is 0 Å². The first kappa shape index (κ1) is 13.4. The van der Waals surface area contributed by atoms with Gasteiger partial charge in [-0.3, -0.25) is 4.79 Å². The van der Waals surface area contributed by atoms with Crippen LogP contribution in [-0.4, -0.2) is 17.5 Å². The summed E-state index contributed by atoms with van der Waals surface area (Å²) >= 11 is 0. The van der Waals surface area contributed by atoms with Gasteiger partial charge in [0.2, 0.25) is 0 Å². The van der Waals surface area contributed by atoms with E-state index >= 15 is 0 Å². The van der Waals surface area contributed by atoms with Crippen LogP contribution < -0.4 is 4.74 Å². The summed E-state index contributed by atoms with van der Waals surface area (Å²) in [5.41, 5.74) is 1.74. The number of fused-ring (bicyclic) bond motifs is 1. The van der Waals surface area contributed by atoms with Gasteiger partial charge in [0.05, 0.1) is 12.1 Å². The Morgan fingerprint density at radius 1 is 1.00 bits per heavy atom. The van der Waals surface area contributed by atoms with Crippen LogP contribution in [0, 0.1) is 0 Å². The molecule has 0 atom stereocenters. The first-order valence-electron chi connectivity index (χ1n) is 7.09. The molecule has 0 aliphatic carbocycles.